The highest BCUT2D eigenvalue weighted by Gasteiger charge is 2.43. The molecule has 0 radical (unpaired) electrons. The number of carbonyl (C=O) groups is 1. The number of aliphatic carboxylic acids is 1. The van der Waals surface area contributed by atoms with Gasteiger partial charge < -0.3 is 19.8 Å². The molecule has 152 valence electrons. The van der Waals surface area contributed by atoms with Crippen molar-refractivity contribution in [3.63, 3.8) is 0 Å². The number of hydrogen-bond donors (Lipinski definition) is 2. The molecule has 27 heavy (non-hydrogen) atoms. The number of pyridine rings is 1. The van der Waals surface area contributed by atoms with Gasteiger partial charge in [-0.3, -0.25) is 4.98 Å². The maximum Gasteiger partial charge on any atom is 0.490 e. The van der Waals surface area contributed by atoms with E-state index in [1.807, 2.05) is 25.4 Å². The fraction of sp³-hybridized carbons (Fsp3) is 0.667. The van der Waals surface area contributed by atoms with Crippen molar-refractivity contribution in [1.82, 2.24) is 9.88 Å². The highest BCUT2D eigenvalue weighted by molar-refractivity contribution is 5.73. The minimum absolute atomic E-state index is 0.0652. The summed E-state index contributed by atoms with van der Waals surface area (Å²) in [6.45, 7) is 5.52. The highest BCUT2D eigenvalue weighted by atomic mass is 19.4. The van der Waals surface area contributed by atoms with E-state index >= 15 is 0 Å². The second kappa shape index (κ2) is 8.99. The summed E-state index contributed by atoms with van der Waals surface area (Å²) in [6, 6.07) is 4.16. The Balaban J connectivity index is 0.000000321. The summed E-state index contributed by atoms with van der Waals surface area (Å²) in [7, 11) is 0. The van der Waals surface area contributed by atoms with Crippen LogP contribution < -0.4 is 0 Å². The van der Waals surface area contributed by atoms with Gasteiger partial charge in [0.2, 0.25) is 0 Å². The Bertz CT molecular complexity index is 602. The van der Waals surface area contributed by atoms with E-state index in [1.54, 1.807) is 0 Å². The predicted molar refractivity (Wildman–Crippen MR) is 91.3 cm³/mol. The van der Waals surface area contributed by atoms with Crippen LogP contribution in [-0.4, -0.2) is 70.2 Å². The second-order valence-electron chi connectivity index (χ2n) is 7.13. The molecule has 2 aliphatic heterocycles. The number of carboxylic acid groups (broad SMARTS) is 1. The van der Waals surface area contributed by atoms with Gasteiger partial charge in [0.15, 0.2) is 0 Å². The van der Waals surface area contributed by atoms with Crippen LogP contribution in [0.2, 0.25) is 0 Å². The Morgan fingerprint density at radius 2 is 2.07 bits per heavy atom. The Morgan fingerprint density at radius 3 is 2.56 bits per heavy atom. The molecule has 2 unspecified atom stereocenters. The smallest absolute Gasteiger partial charge is 0.475 e. The topological polar surface area (TPSA) is 82.9 Å². The van der Waals surface area contributed by atoms with Crippen molar-refractivity contribution in [2.75, 3.05) is 26.2 Å². The molecule has 0 aliphatic carbocycles. The number of aliphatic hydroxyl groups excluding tert-OH is 1. The number of ether oxygens (including phenoxy) is 1. The summed E-state index contributed by atoms with van der Waals surface area (Å²) in [4.78, 5) is 15.5. The van der Waals surface area contributed by atoms with E-state index < -0.39 is 12.1 Å². The number of likely N-dealkylation sites (tertiary alicyclic amines) is 1. The molecule has 2 saturated heterocycles. The van der Waals surface area contributed by atoms with E-state index in [0.29, 0.717) is 5.92 Å². The number of alkyl halides is 3. The lowest BCUT2D eigenvalue weighted by molar-refractivity contribution is -0.192. The number of aliphatic hydroxyl groups is 1. The van der Waals surface area contributed by atoms with Crippen molar-refractivity contribution in [3.05, 3.63) is 30.1 Å². The monoisotopic (exact) mass is 390 g/mol. The number of halogens is 3. The van der Waals surface area contributed by atoms with Gasteiger partial charge in [0.05, 0.1) is 18.3 Å². The van der Waals surface area contributed by atoms with Gasteiger partial charge in [-0.05, 0) is 37.8 Å². The minimum atomic E-state index is -5.08. The van der Waals surface area contributed by atoms with Crippen LogP contribution in [0.1, 0.15) is 37.7 Å². The molecule has 0 bridgehead atoms. The number of rotatable bonds is 3. The Labute approximate surface area is 156 Å². The van der Waals surface area contributed by atoms with E-state index in [2.05, 4.69) is 16.0 Å². The van der Waals surface area contributed by atoms with Crippen LogP contribution in [0.3, 0.4) is 0 Å². The third-order valence-electron chi connectivity index (χ3n) is 4.90. The van der Waals surface area contributed by atoms with Gasteiger partial charge in [0, 0.05) is 37.9 Å². The summed E-state index contributed by atoms with van der Waals surface area (Å²) < 4.78 is 37.9. The first-order valence-corrected chi connectivity index (χ1v) is 8.86. The maximum atomic E-state index is 10.6. The summed E-state index contributed by atoms with van der Waals surface area (Å²) in [6.07, 6.45) is 1.74. The SMILES string of the molecule is CC(O)CN1CCC2(CC1)CC(c1cccnc1)CO2.O=C(O)C(F)(F)F. The van der Waals surface area contributed by atoms with E-state index in [9.17, 15) is 18.3 Å². The molecule has 2 aliphatic rings. The van der Waals surface area contributed by atoms with Crippen molar-refractivity contribution >= 4 is 5.97 Å². The van der Waals surface area contributed by atoms with Crippen LogP contribution in [0.5, 0.6) is 0 Å². The molecule has 1 aromatic rings. The number of aromatic nitrogens is 1. The van der Waals surface area contributed by atoms with Crippen molar-refractivity contribution in [3.8, 4) is 0 Å². The van der Waals surface area contributed by atoms with Gasteiger partial charge in [-0.2, -0.15) is 13.2 Å². The summed E-state index contributed by atoms with van der Waals surface area (Å²) in [5.74, 6) is -2.26. The molecule has 1 spiro atoms. The molecule has 3 heterocycles. The Kier molecular flexibility index (Phi) is 7.19. The normalized spacial score (nSPS) is 23.5. The van der Waals surface area contributed by atoms with E-state index in [4.69, 9.17) is 14.6 Å². The summed E-state index contributed by atoms with van der Waals surface area (Å²) in [5.41, 5.74) is 1.37. The van der Waals surface area contributed by atoms with Crippen LogP contribution in [0, 0.1) is 0 Å². The predicted octanol–water partition coefficient (Wildman–Crippen LogP) is 2.43. The summed E-state index contributed by atoms with van der Waals surface area (Å²) in [5, 5.41) is 16.6. The van der Waals surface area contributed by atoms with Crippen molar-refractivity contribution < 1.29 is 32.9 Å². The molecule has 2 fully saturated rings. The molecule has 0 aromatic carbocycles. The Morgan fingerprint density at radius 1 is 1.44 bits per heavy atom. The van der Waals surface area contributed by atoms with Gasteiger partial charge in [-0.25, -0.2) is 4.79 Å². The van der Waals surface area contributed by atoms with Crippen LogP contribution in [0.15, 0.2) is 24.5 Å². The van der Waals surface area contributed by atoms with E-state index in [-0.39, 0.29) is 11.7 Å². The quantitative estimate of drug-likeness (QED) is 0.825. The molecule has 1 aromatic heterocycles. The van der Waals surface area contributed by atoms with Gasteiger partial charge >= 0.3 is 12.1 Å². The number of carboxylic acids is 1. The average molecular weight is 390 g/mol. The standard InChI is InChI=1S/C16H24N2O2.C2HF3O2/c1-13(19)11-18-7-4-16(5-8-18)9-15(12-20-16)14-3-2-6-17-10-14;3-2(4,5)1(6)7/h2-3,6,10,13,15,19H,4-5,7-9,11-12H2,1H3;(H,6,7). The van der Waals surface area contributed by atoms with Crippen molar-refractivity contribution in [1.29, 1.82) is 0 Å². The zero-order valence-corrected chi connectivity index (χ0v) is 15.2. The van der Waals surface area contributed by atoms with Crippen LogP contribution >= 0.6 is 0 Å². The van der Waals surface area contributed by atoms with Crippen LogP contribution in [0.25, 0.3) is 0 Å². The molecule has 6 nitrogen and oxygen atoms in total. The number of β-amino-alcohol motifs (C(OH)–C–C–N with tert-alkyl or cyclic N) is 1. The largest absolute Gasteiger partial charge is 0.490 e. The fourth-order valence-electron chi connectivity index (χ4n) is 3.54. The lowest BCUT2D eigenvalue weighted by Crippen LogP contribution is -2.46. The molecule has 0 saturated carbocycles. The first-order valence-electron chi connectivity index (χ1n) is 8.86. The first-order chi connectivity index (χ1) is 12.6. The fourth-order valence-corrected chi connectivity index (χ4v) is 3.54. The van der Waals surface area contributed by atoms with Crippen LogP contribution in [-0.2, 0) is 9.53 Å². The molecule has 2 N–H and O–H groups in total. The molecular weight excluding hydrogens is 365 g/mol. The van der Waals surface area contributed by atoms with Crippen molar-refractivity contribution in [2.45, 2.75) is 50.0 Å². The second-order valence-corrected chi connectivity index (χ2v) is 7.13. The van der Waals surface area contributed by atoms with Gasteiger partial charge in [0.1, 0.15) is 0 Å². The van der Waals surface area contributed by atoms with Gasteiger partial charge in [-0.1, -0.05) is 6.07 Å². The molecule has 9 heteroatoms. The van der Waals surface area contributed by atoms with Gasteiger partial charge in [0.25, 0.3) is 0 Å². The average Bonchev–Trinajstić information content (AvgIpc) is 3.01. The minimum Gasteiger partial charge on any atom is -0.475 e. The van der Waals surface area contributed by atoms with Crippen molar-refractivity contribution in [2.24, 2.45) is 0 Å². The van der Waals surface area contributed by atoms with E-state index in [1.165, 1.54) is 5.56 Å². The third-order valence-corrected chi connectivity index (χ3v) is 4.90. The molecular formula is C18H25F3N2O4. The lowest BCUT2D eigenvalue weighted by atomic mass is 9.83. The third kappa shape index (κ3) is 6.44. The zero-order chi connectivity index (χ0) is 20.1. The molecule has 0 amide bonds. The first kappa shape index (κ1) is 21.6. The maximum absolute atomic E-state index is 10.6. The summed E-state index contributed by atoms with van der Waals surface area (Å²) >= 11 is 0. The molecule has 2 atom stereocenters. The van der Waals surface area contributed by atoms with Gasteiger partial charge in [-0.15, -0.1) is 0 Å². The lowest BCUT2D eigenvalue weighted by Gasteiger charge is -2.39. The number of piperidine rings is 1. The Hall–Kier alpha value is -1.71. The number of hydrogen-bond acceptors (Lipinski definition) is 5. The van der Waals surface area contributed by atoms with Crippen LogP contribution in [0.4, 0.5) is 13.2 Å². The zero-order valence-electron chi connectivity index (χ0n) is 15.2. The molecule has 3 rings (SSSR count). The highest BCUT2D eigenvalue weighted by Crippen LogP contribution is 2.42. The van der Waals surface area contributed by atoms with E-state index in [0.717, 1.165) is 45.5 Å². The number of nitrogens with zero attached hydrogens (tertiary/aromatic N) is 2.